The molecule has 0 spiro atoms. The van der Waals surface area contributed by atoms with Gasteiger partial charge in [-0.3, -0.25) is 4.79 Å². The van der Waals surface area contributed by atoms with Crippen LogP contribution in [0.2, 0.25) is 0 Å². The minimum absolute atomic E-state index is 0.0497. The molecule has 106 valence electrons. The Morgan fingerprint density at radius 2 is 1.74 bits per heavy atom. The van der Waals surface area contributed by atoms with Gasteiger partial charge in [0.1, 0.15) is 0 Å². The summed E-state index contributed by atoms with van der Waals surface area (Å²) in [4.78, 5) is 13.6. The van der Waals surface area contributed by atoms with Gasteiger partial charge in [-0.1, -0.05) is 6.92 Å². The zero-order valence-corrected chi connectivity index (χ0v) is 12.7. The third kappa shape index (κ3) is 5.70. The van der Waals surface area contributed by atoms with Gasteiger partial charge in [-0.05, 0) is 30.7 Å². The number of nitrogens with one attached hydrogen (secondary N) is 1. The van der Waals surface area contributed by atoms with Gasteiger partial charge in [0, 0.05) is 42.6 Å². The maximum absolute atomic E-state index is 11.5. The van der Waals surface area contributed by atoms with Crippen molar-refractivity contribution in [3.8, 4) is 0 Å². The highest BCUT2D eigenvalue weighted by molar-refractivity contribution is 6.18. The molecule has 0 fully saturated rings. The number of nitrogens with zero attached hydrogens (tertiary/aromatic N) is 1. The van der Waals surface area contributed by atoms with Crippen molar-refractivity contribution in [1.29, 1.82) is 0 Å². The number of amides is 1. The zero-order valence-electron chi connectivity index (χ0n) is 11.2. The van der Waals surface area contributed by atoms with Gasteiger partial charge in [0.2, 0.25) is 5.91 Å². The maximum Gasteiger partial charge on any atom is 0.224 e. The van der Waals surface area contributed by atoms with Crippen LogP contribution in [0.3, 0.4) is 0 Å². The highest BCUT2D eigenvalue weighted by atomic mass is 35.5. The minimum atomic E-state index is 0.0497. The molecule has 0 unspecified atom stereocenters. The SMILES string of the molecule is CCCC(=O)Nc1ccc(N(CCCl)CCCl)cc1. The van der Waals surface area contributed by atoms with Crippen molar-refractivity contribution in [3.63, 3.8) is 0 Å². The Morgan fingerprint density at radius 1 is 1.16 bits per heavy atom. The molecule has 1 N–H and O–H groups in total. The Hall–Kier alpha value is -0.930. The highest BCUT2D eigenvalue weighted by Gasteiger charge is 2.06. The van der Waals surface area contributed by atoms with Crippen molar-refractivity contribution in [2.45, 2.75) is 19.8 Å². The molecule has 0 heterocycles. The van der Waals surface area contributed by atoms with Crippen molar-refractivity contribution < 1.29 is 4.79 Å². The monoisotopic (exact) mass is 302 g/mol. The molecule has 1 aromatic rings. The number of hydrogen-bond acceptors (Lipinski definition) is 2. The van der Waals surface area contributed by atoms with E-state index in [-0.39, 0.29) is 5.91 Å². The second-order valence-corrected chi connectivity index (χ2v) is 4.97. The number of benzene rings is 1. The van der Waals surface area contributed by atoms with Crippen LogP contribution in [0.5, 0.6) is 0 Å². The van der Waals surface area contributed by atoms with Crippen molar-refractivity contribution in [2.75, 3.05) is 35.1 Å². The molecule has 1 aromatic carbocycles. The van der Waals surface area contributed by atoms with Crippen LogP contribution in [0, 0.1) is 0 Å². The van der Waals surface area contributed by atoms with Gasteiger partial charge in [-0.2, -0.15) is 0 Å². The lowest BCUT2D eigenvalue weighted by Gasteiger charge is -2.23. The first-order valence-electron chi connectivity index (χ1n) is 6.48. The van der Waals surface area contributed by atoms with Crippen LogP contribution in [0.15, 0.2) is 24.3 Å². The van der Waals surface area contributed by atoms with Crippen LogP contribution in [-0.2, 0) is 4.79 Å². The molecular weight excluding hydrogens is 283 g/mol. The topological polar surface area (TPSA) is 32.3 Å². The third-order valence-electron chi connectivity index (χ3n) is 2.70. The summed E-state index contributed by atoms with van der Waals surface area (Å²) in [5, 5.41) is 2.86. The third-order valence-corrected chi connectivity index (χ3v) is 3.04. The van der Waals surface area contributed by atoms with Gasteiger partial charge < -0.3 is 10.2 Å². The van der Waals surface area contributed by atoms with Crippen molar-refractivity contribution >= 4 is 40.5 Å². The summed E-state index contributed by atoms with van der Waals surface area (Å²) < 4.78 is 0. The molecule has 0 atom stereocenters. The first-order chi connectivity index (χ1) is 9.21. The summed E-state index contributed by atoms with van der Waals surface area (Å²) in [6, 6.07) is 7.75. The summed E-state index contributed by atoms with van der Waals surface area (Å²) in [6.45, 7) is 3.50. The standard InChI is InChI=1S/C14H20Cl2N2O/c1-2-3-14(19)17-12-4-6-13(7-5-12)18(10-8-15)11-9-16/h4-7H,2-3,8-11H2,1H3,(H,17,19). The zero-order chi connectivity index (χ0) is 14.1. The summed E-state index contributed by atoms with van der Waals surface area (Å²) in [5.41, 5.74) is 1.88. The lowest BCUT2D eigenvalue weighted by atomic mass is 10.2. The fourth-order valence-corrected chi connectivity index (χ4v) is 2.19. The van der Waals surface area contributed by atoms with Crippen LogP contribution in [0.25, 0.3) is 0 Å². The van der Waals surface area contributed by atoms with E-state index in [4.69, 9.17) is 23.2 Å². The molecule has 3 nitrogen and oxygen atoms in total. The van der Waals surface area contributed by atoms with E-state index in [0.29, 0.717) is 18.2 Å². The number of hydrogen-bond donors (Lipinski definition) is 1. The summed E-state index contributed by atoms with van der Waals surface area (Å²) in [7, 11) is 0. The van der Waals surface area contributed by atoms with E-state index in [2.05, 4.69) is 10.2 Å². The predicted molar refractivity (Wildman–Crippen MR) is 83.6 cm³/mol. The Labute approximate surface area is 124 Å². The van der Waals surface area contributed by atoms with Gasteiger partial charge in [0.25, 0.3) is 0 Å². The van der Waals surface area contributed by atoms with E-state index in [0.717, 1.165) is 30.9 Å². The molecule has 0 radical (unpaired) electrons. The van der Waals surface area contributed by atoms with E-state index in [1.807, 2.05) is 31.2 Å². The molecule has 0 saturated heterocycles. The first kappa shape index (κ1) is 16.1. The van der Waals surface area contributed by atoms with E-state index in [1.165, 1.54) is 0 Å². The lowest BCUT2D eigenvalue weighted by molar-refractivity contribution is -0.116. The molecule has 0 aliphatic rings. The number of rotatable bonds is 8. The number of halogens is 2. The Balaban J connectivity index is 2.65. The predicted octanol–water partition coefficient (Wildman–Crippen LogP) is 3.71. The molecule has 1 rings (SSSR count). The lowest BCUT2D eigenvalue weighted by Crippen LogP contribution is -2.27. The van der Waals surface area contributed by atoms with E-state index in [1.54, 1.807) is 0 Å². The molecule has 0 aliphatic carbocycles. The molecule has 19 heavy (non-hydrogen) atoms. The van der Waals surface area contributed by atoms with Gasteiger partial charge in [-0.15, -0.1) is 23.2 Å². The van der Waals surface area contributed by atoms with E-state index >= 15 is 0 Å². The van der Waals surface area contributed by atoms with Gasteiger partial charge >= 0.3 is 0 Å². The quantitative estimate of drug-likeness (QED) is 0.743. The van der Waals surface area contributed by atoms with E-state index < -0.39 is 0 Å². The van der Waals surface area contributed by atoms with E-state index in [9.17, 15) is 4.79 Å². The minimum Gasteiger partial charge on any atom is -0.369 e. The van der Waals surface area contributed by atoms with Crippen LogP contribution >= 0.6 is 23.2 Å². The Bertz CT molecular complexity index is 376. The average molecular weight is 303 g/mol. The molecule has 1 amide bonds. The second-order valence-electron chi connectivity index (χ2n) is 4.21. The number of carbonyl (C=O) groups excluding carboxylic acids is 1. The maximum atomic E-state index is 11.5. The number of alkyl halides is 2. The Morgan fingerprint density at radius 3 is 2.21 bits per heavy atom. The summed E-state index contributed by atoms with van der Waals surface area (Å²) in [5.74, 6) is 1.17. The van der Waals surface area contributed by atoms with Crippen LogP contribution in [0.4, 0.5) is 11.4 Å². The first-order valence-corrected chi connectivity index (χ1v) is 7.55. The van der Waals surface area contributed by atoms with Crippen LogP contribution in [-0.4, -0.2) is 30.8 Å². The van der Waals surface area contributed by atoms with Gasteiger partial charge in [0.15, 0.2) is 0 Å². The van der Waals surface area contributed by atoms with Gasteiger partial charge in [0.05, 0.1) is 0 Å². The summed E-state index contributed by atoms with van der Waals surface area (Å²) >= 11 is 11.6. The fraction of sp³-hybridized carbons (Fsp3) is 0.500. The average Bonchev–Trinajstić information content (AvgIpc) is 2.40. The Kier molecular flexibility index (Phi) is 7.68. The molecule has 0 bridgehead atoms. The van der Waals surface area contributed by atoms with Crippen molar-refractivity contribution in [1.82, 2.24) is 0 Å². The molecule has 0 saturated carbocycles. The van der Waals surface area contributed by atoms with Crippen molar-refractivity contribution in [3.05, 3.63) is 24.3 Å². The molecule has 0 aliphatic heterocycles. The fourth-order valence-electron chi connectivity index (χ4n) is 1.78. The van der Waals surface area contributed by atoms with Crippen LogP contribution < -0.4 is 10.2 Å². The number of anilines is 2. The highest BCUT2D eigenvalue weighted by Crippen LogP contribution is 2.18. The van der Waals surface area contributed by atoms with Crippen LogP contribution in [0.1, 0.15) is 19.8 Å². The normalized spacial score (nSPS) is 10.3. The summed E-state index contributed by atoms with van der Waals surface area (Å²) in [6.07, 6.45) is 1.40. The number of carbonyl (C=O) groups is 1. The smallest absolute Gasteiger partial charge is 0.224 e. The molecule has 5 heteroatoms. The largest absolute Gasteiger partial charge is 0.369 e. The molecule has 0 aromatic heterocycles. The van der Waals surface area contributed by atoms with Crippen molar-refractivity contribution in [2.24, 2.45) is 0 Å². The van der Waals surface area contributed by atoms with Gasteiger partial charge in [-0.25, -0.2) is 0 Å². The molecular formula is C14H20Cl2N2O. The second kappa shape index (κ2) is 9.05.